The molecule has 102 valence electrons. The summed E-state index contributed by atoms with van der Waals surface area (Å²) in [5.74, 6) is 0.516. The van der Waals surface area contributed by atoms with Crippen LogP contribution in [0, 0.1) is 11.7 Å². The van der Waals surface area contributed by atoms with Crippen molar-refractivity contribution in [3.63, 3.8) is 0 Å². The summed E-state index contributed by atoms with van der Waals surface area (Å²) in [6, 6.07) is 5.20. The number of hydrogen-bond acceptors (Lipinski definition) is 1. The molecule has 0 heterocycles. The summed E-state index contributed by atoms with van der Waals surface area (Å²) >= 11 is 5.98. The van der Waals surface area contributed by atoms with Crippen LogP contribution >= 0.6 is 11.6 Å². The molecule has 1 atom stereocenters. The summed E-state index contributed by atoms with van der Waals surface area (Å²) in [5.41, 5.74) is 0.565. The van der Waals surface area contributed by atoms with Gasteiger partial charge in [-0.3, -0.25) is 0 Å². The van der Waals surface area contributed by atoms with Crippen molar-refractivity contribution in [1.29, 1.82) is 0 Å². The van der Waals surface area contributed by atoms with Crippen LogP contribution in [0.1, 0.15) is 45.6 Å². The van der Waals surface area contributed by atoms with E-state index in [4.69, 9.17) is 11.6 Å². The predicted octanol–water partition coefficient (Wildman–Crippen LogP) is 4.78. The monoisotopic (exact) mass is 271 g/mol. The topological polar surface area (TPSA) is 12.0 Å². The smallest absolute Gasteiger partial charge is 0.129 e. The molecule has 1 nitrogen and oxygen atoms in total. The Kier molecular flexibility index (Phi) is 6.66. The zero-order valence-corrected chi connectivity index (χ0v) is 12.2. The van der Waals surface area contributed by atoms with Crippen LogP contribution in [-0.4, -0.2) is 6.04 Å². The van der Waals surface area contributed by atoms with E-state index >= 15 is 0 Å². The molecule has 3 heteroatoms. The SMILES string of the molecule is CC(C)CCCC(C)NCc1c(F)cccc1Cl. The molecule has 1 N–H and O–H groups in total. The number of hydrogen-bond donors (Lipinski definition) is 1. The average Bonchev–Trinajstić information content (AvgIpc) is 2.27. The molecule has 0 saturated carbocycles. The van der Waals surface area contributed by atoms with E-state index in [0.29, 0.717) is 23.2 Å². The summed E-state index contributed by atoms with van der Waals surface area (Å²) in [7, 11) is 0. The molecule has 0 radical (unpaired) electrons. The molecule has 1 aromatic carbocycles. The second-order valence-electron chi connectivity index (χ2n) is 5.31. The van der Waals surface area contributed by atoms with Gasteiger partial charge in [-0.05, 0) is 31.4 Å². The first-order chi connectivity index (χ1) is 8.50. The average molecular weight is 272 g/mol. The van der Waals surface area contributed by atoms with Gasteiger partial charge in [-0.25, -0.2) is 4.39 Å². The van der Waals surface area contributed by atoms with Crippen molar-refractivity contribution in [2.24, 2.45) is 5.92 Å². The van der Waals surface area contributed by atoms with Crippen LogP contribution in [0.15, 0.2) is 18.2 Å². The number of halogens is 2. The maximum absolute atomic E-state index is 13.5. The Morgan fingerprint density at radius 3 is 2.56 bits per heavy atom. The molecule has 0 aliphatic rings. The standard InChI is InChI=1S/C15H23ClFN/c1-11(2)6-4-7-12(3)18-10-13-14(16)8-5-9-15(13)17/h5,8-9,11-12,18H,4,6-7,10H2,1-3H3. The van der Waals surface area contributed by atoms with E-state index in [1.807, 2.05) is 0 Å². The molecule has 1 rings (SSSR count). The predicted molar refractivity (Wildman–Crippen MR) is 76.4 cm³/mol. The zero-order valence-electron chi connectivity index (χ0n) is 11.5. The minimum Gasteiger partial charge on any atom is -0.310 e. The van der Waals surface area contributed by atoms with Gasteiger partial charge in [0.15, 0.2) is 0 Å². The van der Waals surface area contributed by atoms with Crippen molar-refractivity contribution in [2.45, 2.75) is 52.6 Å². The summed E-state index contributed by atoms with van der Waals surface area (Å²) in [6.45, 7) is 7.10. The van der Waals surface area contributed by atoms with Crippen molar-refractivity contribution in [1.82, 2.24) is 5.32 Å². The minimum atomic E-state index is -0.232. The normalized spacial score (nSPS) is 13.0. The lowest BCUT2D eigenvalue weighted by Gasteiger charge is -2.15. The largest absolute Gasteiger partial charge is 0.310 e. The third-order valence-corrected chi connectivity index (χ3v) is 3.46. The second kappa shape index (κ2) is 7.75. The summed E-state index contributed by atoms with van der Waals surface area (Å²) in [5, 5.41) is 3.83. The minimum absolute atomic E-state index is 0.232. The van der Waals surface area contributed by atoms with Gasteiger partial charge in [0.2, 0.25) is 0 Å². The molecule has 0 aliphatic heterocycles. The number of nitrogens with one attached hydrogen (secondary N) is 1. The lowest BCUT2D eigenvalue weighted by Crippen LogP contribution is -2.26. The van der Waals surface area contributed by atoms with E-state index in [2.05, 4.69) is 26.1 Å². The summed E-state index contributed by atoms with van der Waals surface area (Å²) < 4.78 is 13.5. The quantitative estimate of drug-likeness (QED) is 0.752. The Hall–Kier alpha value is -0.600. The van der Waals surface area contributed by atoms with Crippen LogP contribution in [0.3, 0.4) is 0 Å². The van der Waals surface area contributed by atoms with Crippen LogP contribution in [0.4, 0.5) is 4.39 Å². The molecule has 0 saturated heterocycles. The molecule has 1 aromatic rings. The van der Waals surface area contributed by atoms with Crippen LogP contribution in [0.25, 0.3) is 0 Å². The van der Waals surface area contributed by atoms with E-state index in [0.717, 1.165) is 12.3 Å². The van der Waals surface area contributed by atoms with Gasteiger partial charge in [-0.15, -0.1) is 0 Å². The van der Waals surface area contributed by atoms with Crippen molar-refractivity contribution in [3.8, 4) is 0 Å². The fourth-order valence-electron chi connectivity index (χ4n) is 1.91. The van der Waals surface area contributed by atoms with Gasteiger partial charge < -0.3 is 5.32 Å². The van der Waals surface area contributed by atoms with Gasteiger partial charge in [0.25, 0.3) is 0 Å². The first kappa shape index (κ1) is 15.5. The Labute approximate surface area is 115 Å². The molecule has 0 aliphatic carbocycles. The lowest BCUT2D eigenvalue weighted by molar-refractivity contribution is 0.453. The maximum atomic E-state index is 13.5. The van der Waals surface area contributed by atoms with Crippen molar-refractivity contribution < 1.29 is 4.39 Å². The molecule has 0 fully saturated rings. The number of benzene rings is 1. The molecule has 0 spiro atoms. The van der Waals surface area contributed by atoms with E-state index < -0.39 is 0 Å². The molecular weight excluding hydrogens is 249 g/mol. The van der Waals surface area contributed by atoms with Crippen molar-refractivity contribution >= 4 is 11.6 Å². The maximum Gasteiger partial charge on any atom is 0.129 e. The van der Waals surface area contributed by atoms with Gasteiger partial charge >= 0.3 is 0 Å². The Morgan fingerprint density at radius 2 is 1.94 bits per heavy atom. The highest BCUT2D eigenvalue weighted by Gasteiger charge is 2.08. The highest BCUT2D eigenvalue weighted by Crippen LogP contribution is 2.19. The van der Waals surface area contributed by atoms with Gasteiger partial charge in [0, 0.05) is 23.2 Å². The summed E-state index contributed by atoms with van der Waals surface area (Å²) in [6.07, 6.45) is 3.56. The highest BCUT2D eigenvalue weighted by molar-refractivity contribution is 6.31. The van der Waals surface area contributed by atoms with Crippen LogP contribution in [0.5, 0.6) is 0 Å². The fourth-order valence-corrected chi connectivity index (χ4v) is 2.14. The first-order valence-corrected chi connectivity index (χ1v) is 7.04. The van der Waals surface area contributed by atoms with E-state index in [1.54, 1.807) is 12.1 Å². The van der Waals surface area contributed by atoms with Gasteiger partial charge in [-0.2, -0.15) is 0 Å². The van der Waals surface area contributed by atoms with Crippen LogP contribution in [-0.2, 0) is 6.54 Å². The second-order valence-corrected chi connectivity index (χ2v) is 5.71. The molecule has 0 aromatic heterocycles. The van der Waals surface area contributed by atoms with Gasteiger partial charge in [0.1, 0.15) is 5.82 Å². The van der Waals surface area contributed by atoms with E-state index in [9.17, 15) is 4.39 Å². The first-order valence-electron chi connectivity index (χ1n) is 6.67. The van der Waals surface area contributed by atoms with Gasteiger partial charge in [-0.1, -0.05) is 44.4 Å². The van der Waals surface area contributed by atoms with E-state index in [1.165, 1.54) is 18.9 Å². The number of rotatable bonds is 7. The summed E-state index contributed by atoms with van der Waals surface area (Å²) in [4.78, 5) is 0. The lowest BCUT2D eigenvalue weighted by atomic mass is 10.0. The molecule has 0 amide bonds. The highest BCUT2D eigenvalue weighted by atomic mass is 35.5. The molecule has 0 bridgehead atoms. The molecule has 18 heavy (non-hydrogen) atoms. The third kappa shape index (κ3) is 5.36. The van der Waals surface area contributed by atoms with E-state index in [-0.39, 0.29) is 5.82 Å². The van der Waals surface area contributed by atoms with Gasteiger partial charge in [0.05, 0.1) is 0 Å². The third-order valence-electron chi connectivity index (χ3n) is 3.11. The Balaban J connectivity index is 2.36. The molecule has 1 unspecified atom stereocenters. The Morgan fingerprint density at radius 1 is 1.22 bits per heavy atom. The van der Waals surface area contributed by atoms with Crippen LogP contribution in [0.2, 0.25) is 5.02 Å². The fraction of sp³-hybridized carbons (Fsp3) is 0.600. The molecular formula is C15H23ClFN. The Bertz CT molecular complexity index is 345. The van der Waals surface area contributed by atoms with Crippen molar-refractivity contribution in [2.75, 3.05) is 0 Å². The van der Waals surface area contributed by atoms with Crippen molar-refractivity contribution in [3.05, 3.63) is 34.6 Å². The van der Waals surface area contributed by atoms with Crippen LogP contribution < -0.4 is 5.32 Å². The zero-order chi connectivity index (χ0) is 13.5.